The molecule has 4 nitrogen and oxygen atoms in total. The highest BCUT2D eigenvalue weighted by Gasteiger charge is 2.30. The highest BCUT2D eigenvalue weighted by atomic mass is 19.4. The first-order chi connectivity index (χ1) is 18.9. The Hall–Kier alpha value is -3.16. The maximum absolute atomic E-state index is 13.5. The fraction of sp³-hybridized carbons (Fsp3) is 0.406. The number of pyridine rings is 1. The summed E-state index contributed by atoms with van der Waals surface area (Å²) in [5.41, 5.74) is 3.04. The third kappa shape index (κ3) is 6.89. The van der Waals surface area contributed by atoms with Crippen molar-refractivity contribution in [2.45, 2.75) is 63.8 Å². The van der Waals surface area contributed by atoms with Gasteiger partial charge in [-0.25, -0.2) is 0 Å². The van der Waals surface area contributed by atoms with Crippen molar-refractivity contribution in [1.29, 1.82) is 0 Å². The van der Waals surface area contributed by atoms with Gasteiger partial charge in [-0.2, -0.15) is 13.2 Å². The van der Waals surface area contributed by atoms with E-state index in [1.165, 1.54) is 44.2 Å². The second kappa shape index (κ2) is 12.3. The Morgan fingerprint density at radius 1 is 0.923 bits per heavy atom. The molecule has 1 saturated carbocycles. The van der Waals surface area contributed by atoms with Crippen LogP contribution in [0, 0.1) is 0 Å². The molecule has 0 N–H and O–H groups in total. The lowest BCUT2D eigenvalue weighted by atomic mass is 9.94. The van der Waals surface area contributed by atoms with Crippen LogP contribution in [0.1, 0.15) is 55.2 Å². The Labute approximate surface area is 229 Å². The number of hydrogen-bond donors (Lipinski definition) is 0. The highest BCUT2D eigenvalue weighted by Crippen LogP contribution is 2.32. The van der Waals surface area contributed by atoms with Gasteiger partial charge in [0.2, 0.25) is 0 Å². The first-order valence-corrected chi connectivity index (χ1v) is 14.0. The summed E-state index contributed by atoms with van der Waals surface area (Å²) >= 11 is 0. The van der Waals surface area contributed by atoms with Gasteiger partial charge < -0.3 is 9.47 Å². The first-order valence-electron chi connectivity index (χ1n) is 14.0. The van der Waals surface area contributed by atoms with Crippen LogP contribution >= 0.6 is 0 Å². The van der Waals surface area contributed by atoms with E-state index >= 15 is 0 Å². The van der Waals surface area contributed by atoms with Gasteiger partial charge in [0.1, 0.15) is 0 Å². The van der Waals surface area contributed by atoms with Gasteiger partial charge >= 0.3 is 6.18 Å². The normalized spacial score (nSPS) is 15.0. The summed E-state index contributed by atoms with van der Waals surface area (Å²) in [7, 11) is 2.25. The molecule has 1 aliphatic rings. The quantitative estimate of drug-likeness (QED) is 0.208. The van der Waals surface area contributed by atoms with Gasteiger partial charge in [0, 0.05) is 55.3 Å². The Morgan fingerprint density at radius 2 is 1.74 bits per heavy atom. The van der Waals surface area contributed by atoms with Crippen LogP contribution in [0.4, 0.5) is 13.2 Å². The minimum absolute atomic E-state index is 0.514. The van der Waals surface area contributed by atoms with Crippen molar-refractivity contribution in [2.24, 2.45) is 0 Å². The van der Waals surface area contributed by atoms with Crippen molar-refractivity contribution in [3.63, 3.8) is 0 Å². The van der Waals surface area contributed by atoms with Gasteiger partial charge in [-0.3, -0.25) is 9.88 Å². The van der Waals surface area contributed by atoms with Gasteiger partial charge in [0.25, 0.3) is 0 Å². The van der Waals surface area contributed by atoms with E-state index in [0.717, 1.165) is 54.2 Å². The Kier molecular flexibility index (Phi) is 8.68. The summed E-state index contributed by atoms with van der Waals surface area (Å²) in [5.74, 6) is 0. The Bertz CT molecular complexity index is 1340. The van der Waals surface area contributed by atoms with Crippen LogP contribution in [0.25, 0.3) is 16.6 Å². The zero-order chi connectivity index (χ0) is 27.2. The van der Waals surface area contributed by atoms with Crippen LogP contribution in [-0.4, -0.2) is 45.5 Å². The lowest BCUT2D eigenvalue weighted by Crippen LogP contribution is -2.35. The van der Waals surface area contributed by atoms with Crippen LogP contribution in [-0.2, 0) is 19.3 Å². The minimum atomic E-state index is -4.38. The molecule has 4 aromatic rings. The van der Waals surface area contributed by atoms with Gasteiger partial charge in [-0.15, -0.1) is 0 Å². The predicted molar refractivity (Wildman–Crippen MR) is 151 cm³/mol. The fourth-order valence-electron chi connectivity index (χ4n) is 5.87. The SMILES string of the molecule is CN(CCCN(Cc1cccnc1)Cc1cn(-c2cccc(C(F)(F)F)c2)c2ccccc12)C1CCCCC1. The van der Waals surface area contributed by atoms with Gasteiger partial charge in [-0.1, -0.05) is 49.6 Å². The van der Waals surface area contributed by atoms with E-state index in [1.54, 1.807) is 12.3 Å². The molecule has 206 valence electrons. The molecule has 0 radical (unpaired) electrons. The summed E-state index contributed by atoms with van der Waals surface area (Å²) < 4.78 is 42.2. The predicted octanol–water partition coefficient (Wildman–Crippen LogP) is 7.70. The number of fused-ring (bicyclic) bond motifs is 1. The molecular weight excluding hydrogens is 497 g/mol. The second-order valence-electron chi connectivity index (χ2n) is 10.8. The zero-order valence-corrected chi connectivity index (χ0v) is 22.6. The molecule has 0 bridgehead atoms. The lowest BCUT2D eigenvalue weighted by molar-refractivity contribution is -0.137. The standard InChI is InChI=1S/C32H37F3N4/c1-37(28-12-3-2-4-13-28)18-9-19-38(22-25-10-8-17-36-21-25)23-26-24-39(31-16-6-5-15-30(26)31)29-14-7-11-27(20-29)32(33,34)35/h5-8,10-11,14-17,20-21,24,28H,2-4,9,12-13,18-19,22-23H2,1H3. The van der Waals surface area contributed by atoms with E-state index in [0.29, 0.717) is 18.3 Å². The molecule has 2 aromatic carbocycles. The number of hydrogen-bond acceptors (Lipinski definition) is 3. The van der Waals surface area contributed by atoms with Crippen molar-refractivity contribution in [3.05, 3.63) is 95.9 Å². The summed E-state index contributed by atoms with van der Waals surface area (Å²) in [6, 6.07) is 18.3. The van der Waals surface area contributed by atoms with E-state index in [9.17, 15) is 13.2 Å². The van der Waals surface area contributed by atoms with Crippen molar-refractivity contribution in [2.75, 3.05) is 20.1 Å². The maximum Gasteiger partial charge on any atom is 0.416 e. The van der Waals surface area contributed by atoms with Crippen LogP contribution in [0.3, 0.4) is 0 Å². The van der Waals surface area contributed by atoms with Crippen molar-refractivity contribution < 1.29 is 13.2 Å². The van der Waals surface area contributed by atoms with Gasteiger partial charge in [0.05, 0.1) is 11.1 Å². The zero-order valence-electron chi connectivity index (χ0n) is 22.6. The third-order valence-electron chi connectivity index (χ3n) is 7.95. The fourth-order valence-corrected chi connectivity index (χ4v) is 5.87. The summed E-state index contributed by atoms with van der Waals surface area (Å²) in [6.45, 7) is 3.45. The van der Waals surface area contributed by atoms with Crippen LogP contribution in [0.5, 0.6) is 0 Å². The molecule has 39 heavy (non-hydrogen) atoms. The van der Waals surface area contributed by atoms with Crippen molar-refractivity contribution in [3.8, 4) is 5.69 Å². The monoisotopic (exact) mass is 534 g/mol. The van der Waals surface area contributed by atoms with Crippen LogP contribution in [0.2, 0.25) is 0 Å². The van der Waals surface area contributed by atoms with E-state index in [2.05, 4.69) is 34.0 Å². The Balaban J connectivity index is 1.38. The van der Waals surface area contributed by atoms with Crippen molar-refractivity contribution in [1.82, 2.24) is 19.4 Å². The van der Waals surface area contributed by atoms with E-state index in [1.807, 2.05) is 41.2 Å². The average molecular weight is 535 g/mol. The van der Waals surface area contributed by atoms with E-state index in [4.69, 9.17) is 0 Å². The average Bonchev–Trinajstić information content (AvgIpc) is 3.32. The number of benzene rings is 2. The number of rotatable bonds is 10. The number of nitrogens with zero attached hydrogens (tertiary/aromatic N) is 4. The number of alkyl halides is 3. The van der Waals surface area contributed by atoms with Crippen molar-refractivity contribution >= 4 is 10.9 Å². The van der Waals surface area contributed by atoms with Gasteiger partial charge in [0.15, 0.2) is 0 Å². The molecule has 5 rings (SSSR count). The molecule has 2 aromatic heterocycles. The van der Waals surface area contributed by atoms with Crippen LogP contribution < -0.4 is 0 Å². The topological polar surface area (TPSA) is 24.3 Å². The Morgan fingerprint density at radius 3 is 2.51 bits per heavy atom. The van der Waals surface area contributed by atoms with Crippen LogP contribution in [0.15, 0.2) is 79.3 Å². The molecule has 0 saturated heterocycles. The first kappa shape index (κ1) is 27.4. The molecule has 1 fully saturated rings. The summed E-state index contributed by atoms with van der Waals surface area (Å²) in [4.78, 5) is 9.27. The smallest absolute Gasteiger partial charge is 0.316 e. The molecular formula is C32H37F3N4. The second-order valence-corrected chi connectivity index (χ2v) is 10.8. The molecule has 0 unspecified atom stereocenters. The largest absolute Gasteiger partial charge is 0.416 e. The maximum atomic E-state index is 13.5. The minimum Gasteiger partial charge on any atom is -0.316 e. The molecule has 0 atom stereocenters. The molecule has 0 spiro atoms. The van der Waals surface area contributed by atoms with Gasteiger partial charge in [-0.05, 0) is 74.3 Å². The number of para-hydroxylation sites is 1. The number of halogens is 3. The third-order valence-corrected chi connectivity index (χ3v) is 7.95. The number of aromatic nitrogens is 2. The molecule has 0 aliphatic heterocycles. The highest BCUT2D eigenvalue weighted by molar-refractivity contribution is 5.85. The van der Waals surface area contributed by atoms with E-state index < -0.39 is 11.7 Å². The molecule has 7 heteroatoms. The molecule has 1 aliphatic carbocycles. The summed E-state index contributed by atoms with van der Waals surface area (Å²) in [5, 5.41) is 1.06. The summed E-state index contributed by atoms with van der Waals surface area (Å²) in [6.07, 6.45) is 8.99. The molecule has 0 amide bonds. The lowest BCUT2D eigenvalue weighted by Gasteiger charge is -2.32. The van der Waals surface area contributed by atoms with E-state index in [-0.39, 0.29) is 0 Å². The molecule has 2 heterocycles.